The summed E-state index contributed by atoms with van der Waals surface area (Å²) in [6.45, 7) is 6.67. The van der Waals surface area contributed by atoms with Crippen LogP contribution in [0.25, 0.3) is 33.3 Å². The summed E-state index contributed by atoms with van der Waals surface area (Å²) in [5, 5.41) is 15.1. The molecule has 38 heavy (non-hydrogen) atoms. The summed E-state index contributed by atoms with van der Waals surface area (Å²) in [4.78, 5) is 17.2. The minimum atomic E-state index is -0.304. The van der Waals surface area contributed by atoms with Crippen molar-refractivity contribution in [3.8, 4) is 22.3 Å². The highest BCUT2D eigenvalue weighted by atomic mass is 19.1. The van der Waals surface area contributed by atoms with E-state index in [1.54, 1.807) is 6.07 Å². The number of aromatic amines is 1. The molecule has 0 aliphatic carbocycles. The number of pyridine rings is 2. The third-order valence-corrected chi connectivity index (χ3v) is 7.01. The minimum Gasteiger partial charge on any atom is -0.392 e. The van der Waals surface area contributed by atoms with Gasteiger partial charge in [-0.25, -0.2) is 14.4 Å². The normalized spacial score (nSPS) is 15.3. The molecule has 6 rings (SSSR count). The van der Waals surface area contributed by atoms with Crippen molar-refractivity contribution in [3.05, 3.63) is 84.8 Å². The van der Waals surface area contributed by atoms with Crippen molar-refractivity contribution in [2.45, 2.75) is 19.6 Å². The second-order valence-corrected chi connectivity index (χ2v) is 9.92. The van der Waals surface area contributed by atoms with Gasteiger partial charge in [-0.3, -0.25) is 9.58 Å². The van der Waals surface area contributed by atoms with Crippen LogP contribution < -0.4 is 4.90 Å². The van der Waals surface area contributed by atoms with Crippen LogP contribution in [-0.2, 0) is 6.54 Å². The quantitative estimate of drug-likeness (QED) is 0.341. The van der Waals surface area contributed by atoms with Crippen molar-refractivity contribution in [2.75, 3.05) is 37.6 Å². The van der Waals surface area contributed by atoms with E-state index >= 15 is 0 Å². The molecule has 9 heteroatoms. The van der Waals surface area contributed by atoms with E-state index in [0.717, 1.165) is 70.8 Å². The van der Waals surface area contributed by atoms with Gasteiger partial charge in [-0.1, -0.05) is 12.1 Å². The number of nitrogens with one attached hydrogen (secondary N) is 1. The molecule has 194 valence electrons. The first kappa shape index (κ1) is 24.3. The van der Waals surface area contributed by atoms with Gasteiger partial charge in [-0.05, 0) is 42.8 Å². The second-order valence-electron chi connectivity index (χ2n) is 9.92. The highest BCUT2D eigenvalue weighted by Gasteiger charge is 2.19. The van der Waals surface area contributed by atoms with Crippen LogP contribution in [0.3, 0.4) is 0 Å². The summed E-state index contributed by atoms with van der Waals surface area (Å²) >= 11 is 0. The first-order chi connectivity index (χ1) is 18.5. The monoisotopic (exact) mass is 511 g/mol. The van der Waals surface area contributed by atoms with Crippen LogP contribution in [0.4, 0.5) is 10.2 Å². The molecule has 5 aromatic rings. The number of rotatable bonds is 7. The fourth-order valence-corrected chi connectivity index (χ4v) is 5.09. The number of aliphatic hydroxyl groups is 1. The molecule has 4 aromatic heterocycles. The van der Waals surface area contributed by atoms with Crippen molar-refractivity contribution in [2.24, 2.45) is 0 Å². The van der Waals surface area contributed by atoms with Gasteiger partial charge in [0, 0.05) is 85.2 Å². The number of H-pyrrole nitrogens is 1. The summed E-state index contributed by atoms with van der Waals surface area (Å²) in [6.07, 6.45) is 9.21. The average Bonchev–Trinajstić information content (AvgIpc) is 3.55. The third-order valence-electron chi connectivity index (χ3n) is 7.01. The number of β-amino-alcohol motifs (C(OH)–C–C–N with tert-alkyl or cyclic N) is 1. The molecule has 1 atom stereocenters. The molecule has 0 spiro atoms. The summed E-state index contributed by atoms with van der Waals surface area (Å²) in [5.41, 5.74) is 5.65. The third kappa shape index (κ3) is 5.16. The predicted molar refractivity (Wildman–Crippen MR) is 146 cm³/mol. The number of aromatic nitrogens is 5. The van der Waals surface area contributed by atoms with Gasteiger partial charge in [0.15, 0.2) is 0 Å². The Hall–Kier alpha value is -4.08. The SMILES string of the molecule is C[C@H](O)CN1CCN(c2ccc(-c3cnc4[nH]cc(-c5cnn(Cc6cccc(F)c6)c5)c4c3)cn2)CC1. The number of hydrogen-bond acceptors (Lipinski definition) is 6. The molecule has 1 saturated heterocycles. The lowest BCUT2D eigenvalue weighted by atomic mass is 10.1. The molecule has 0 saturated carbocycles. The molecular weight excluding hydrogens is 481 g/mol. The van der Waals surface area contributed by atoms with E-state index in [0.29, 0.717) is 13.1 Å². The Labute approximate surface area is 220 Å². The first-order valence-corrected chi connectivity index (χ1v) is 12.9. The van der Waals surface area contributed by atoms with E-state index in [9.17, 15) is 9.50 Å². The van der Waals surface area contributed by atoms with E-state index in [4.69, 9.17) is 4.98 Å². The fraction of sp³-hybridized carbons (Fsp3) is 0.276. The molecule has 2 N–H and O–H groups in total. The predicted octanol–water partition coefficient (Wildman–Crippen LogP) is 4.18. The Kier molecular flexibility index (Phi) is 6.61. The number of aliphatic hydroxyl groups excluding tert-OH is 1. The van der Waals surface area contributed by atoms with E-state index < -0.39 is 0 Å². The molecule has 5 heterocycles. The van der Waals surface area contributed by atoms with Gasteiger partial charge in [0.2, 0.25) is 0 Å². The summed E-state index contributed by atoms with van der Waals surface area (Å²) in [5.74, 6) is 0.718. The molecule has 0 radical (unpaired) electrons. The Morgan fingerprint density at radius 1 is 0.974 bits per heavy atom. The van der Waals surface area contributed by atoms with Crippen LogP contribution in [0.15, 0.2) is 73.4 Å². The van der Waals surface area contributed by atoms with Gasteiger partial charge in [0.1, 0.15) is 17.3 Å². The lowest BCUT2D eigenvalue weighted by Crippen LogP contribution is -2.48. The largest absolute Gasteiger partial charge is 0.392 e. The van der Waals surface area contributed by atoms with Crippen LogP contribution in [0, 0.1) is 5.82 Å². The minimum absolute atomic E-state index is 0.247. The molecule has 0 amide bonds. The molecule has 8 nitrogen and oxygen atoms in total. The number of benzene rings is 1. The second kappa shape index (κ2) is 10.4. The van der Waals surface area contributed by atoms with Crippen molar-refractivity contribution in [1.82, 2.24) is 29.6 Å². The zero-order valence-corrected chi connectivity index (χ0v) is 21.3. The van der Waals surface area contributed by atoms with Crippen LogP contribution in [0.2, 0.25) is 0 Å². The number of anilines is 1. The average molecular weight is 512 g/mol. The van der Waals surface area contributed by atoms with Gasteiger partial charge in [0.05, 0.1) is 18.8 Å². The Morgan fingerprint density at radius 2 is 1.82 bits per heavy atom. The number of piperazine rings is 1. The smallest absolute Gasteiger partial charge is 0.137 e. The van der Waals surface area contributed by atoms with Crippen molar-refractivity contribution in [1.29, 1.82) is 0 Å². The van der Waals surface area contributed by atoms with Gasteiger partial charge in [0.25, 0.3) is 0 Å². The van der Waals surface area contributed by atoms with Gasteiger partial charge in [-0.2, -0.15) is 5.10 Å². The van der Waals surface area contributed by atoms with Gasteiger partial charge >= 0.3 is 0 Å². The molecule has 1 aliphatic rings. The van der Waals surface area contributed by atoms with E-state index in [-0.39, 0.29) is 11.9 Å². The standard InChI is InChI=1S/C29H30FN7O/c1-20(38)17-35-7-9-36(10-8-35)28-6-5-22(13-31-28)23-12-26-27(16-33-29(26)32-14-23)24-15-34-37(19-24)18-21-3-2-4-25(30)11-21/h2-6,11-16,19-20,38H,7-10,17-18H2,1H3,(H,32,33)/t20-/m0/s1. The topological polar surface area (TPSA) is 86.1 Å². The number of halogens is 1. The van der Waals surface area contributed by atoms with Crippen LogP contribution >= 0.6 is 0 Å². The van der Waals surface area contributed by atoms with Gasteiger partial charge < -0.3 is 15.0 Å². The Bertz CT molecular complexity index is 1530. The van der Waals surface area contributed by atoms with E-state index in [2.05, 4.69) is 43.1 Å². The first-order valence-electron chi connectivity index (χ1n) is 12.9. The van der Waals surface area contributed by atoms with Crippen LogP contribution in [-0.4, -0.2) is 73.6 Å². The maximum atomic E-state index is 13.6. The highest BCUT2D eigenvalue weighted by Crippen LogP contribution is 2.31. The van der Waals surface area contributed by atoms with Crippen LogP contribution in [0.5, 0.6) is 0 Å². The Morgan fingerprint density at radius 3 is 2.58 bits per heavy atom. The molecule has 1 fully saturated rings. The highest BCUT2D eigenvalue weighted by molar-refractivity contribution is 5.95. The zero-order chi connectivity index (χ0) is 26.1. The summed E-state index contributed by atoms with van der Waals surface area (Å²) in [6, 6.07) is 12.9. The lowest BCUT2D eigenvalue weighted by Gasteiger charge is -2.35. The summed E-state index contributed by atoms with van der Waals surface area (Å²) < 4.78 is 15.4. The summed E-state index contributed by atoms with van der Waals surface area (Å²) in [7, 11) is 0. The van der Waals surface area contributed by atoms with E-state index in [1.165, 1.54) is 12.1 Å². The molecule has 1 aliphatic heterocycles. The molecule has 1 aromatic carbocycles. The molecule has 0 bridgehead atoms. The number of hydrogen-bond donors (Lipinski definition) is 2. The lowest BCUT2D eigenvalue weighted by molar-refractivity contribution is 0.122. The van der Waals surface area contributed by atoms with Gasteiger partial charge in [-0.15, -0.1) is 0 Å². The number of nitrogens with zero attached hydrogens (tertiary/aromatic N) is 6. The molecular formula is C29H30FN7O. The van der Waals surface area contributed by atoms with Crippen molar-refractivity contribution in [3.63, 3.8) is 0 Å². The van der Waals surface area contributed by atoms with Crippen LogP contribution in [0.1, 0.15) is 12.5 Å². The zero-order valence-electron chi connectivity index (χ0n) is 21.3. The maximum Gasteiger partial charge on any atom is 0.137 e. The Balaban J connectivity index is 1.19. The van der Waals surface area contributed by atoms with E-state index in [1.807, 2.05) is 48.7 Å². The fourth-order valence-electron chi connectivity index (χ4n) is 5.09. The number of fused-ring (bicyclic) bond motifs is 1. The molecule has 0 unspecified atom stereocenters. The van der Waals surface area contributed by atoms with Crippen molar-refractivity contribution < 1.29 is 9.50 Å². The maximum absolute atomic E-state index is 13.6. The van der Waals surface area contributed by atoms with Crippen molar-refractivity contribution >= 4 is 16.9 Å².